The summed E-state index contributed by atoms with van der Waals surface area (Å²) < 4.78 is 0. The molecule has 0 N–H and O–H groups in total. The maximum absolute atomic E-state index is 11.5. The number of ketones is 1. The summed E-state index contributed by atoms with van der Waals surface area (Å²) in [5.74, 6) is 0.356. The van der Waals surface area contributed by atoms with Crippen LogP contribution in [0.5, 0.6) is 0 Å². The second-order valence-corrected chi connectivity index (χ2v) is 3.77. The summed E-state index contributed by atoms with van der Waals surface area (Å²) in [7, 11) is 0. The molecule has 1 aromatic carbocycles. The van der Waals surface area contributed by atoms with E-state index in [0.717, 1.165) is 12.0 Å². The molecule has 80 valence electrons. The van der Waals surface area contributed by atoms with Crippen molar-refractivity contribution in [2.24, 2.45) is 5.92 Å². The Morgan fingerprint density at radius 2 is 2.00 bits per heavy atom. The lowest BCUT2D eigenvalue weighted by Crippen LogP contribution is -2.06. The van der Waals surface area contributed by atoms with Gasteiger partial charge < -0.3 is 0 Å². The normalized spacial score (nSPS) is 12.9. The highest BCUT2D eigenvalue weighted by Gasteiger charge is 2.07. The molecule has 0 aliphatic carbocycles. The first-order chi connectivity index (χ1) is 7.24. The largest absolute Gasteiger partial charge is 0.299 e. The van der Waals surface area contributed by atoms with Crippen LogP contribution in [0.3, 0.4) is 0 Å². The molecule has 1 aromatic rings. The molecular weight excluding hydrogens is 184 g/mol. The number of allylic oxidation sites excluding steroid dienone is 1. The maximum atomic E-state index is 11.5. The molecule has 0 aliphatic rings. The van der Waals surface area contributed by atoms with Gasteiger partial charge in [0.25, 0.3) is 0 Å². The van der Waals surface area contributed by atoms with Gasteiger partial charge in [-0.1, -0.05) is 56.3 Å². The van der Waals surface area contributed by atoms with Crippen molar-refractivity contribution in [3.8, 4) is 0 Å². The fourth-order valence-electron chi connectivity index (χ4n) is 1.40. The molecule has 0 fully saturated rings. The van der Waals surface area contributed by atoms with Gasteiger partial charge in [-0.15, -0.1) is 0 Å². The molecule has 0 spiro atoms. The van der Waals surface area contributed by atoms with Gasteiger partial charge in [-0.3, -0.25) is 4.79 Å². The molecule has 0 saturated heterocycles. The zero-order valence-electron chi connectivity index (χ0n) is 9.44. The quantitative estimate of drug-likeness (QED) is 0.711. The molecule has 1 rings (SSSR count). The summed E-state index contributed by atoms with van der Waals surface area (Å²) in [6.07, 6.45) is 5.61. The van der Waals surface area contributed by atoms with Crippen molar-refractivity contribution in [2.75, 3.05) is 0 Å². The predicted molar refractivity (Wildman–Crippen MR) is 64.6 cm³/mol. The van der Waals surface area contributed by atoms with Crippen LogP contribution >= 0.6 is 0 Å². The Kier molecular flexibility index (Phi) is 4.82. The topological polar surface area (TPSA) is 17.1 Å². The second kappa shape index (κ2) is 6.18. The van der Waals surface area contributed by atoms with E-state index in [2.05, 4.69) is 0 Å². The van der Waals surface area contributed by atoms with Gasteiger partial charge in [0.15, 0.2) is 0 Å². The first-order valence-corrected chi connectivity index (χ1v) is 5.50. The van der Waals surface area contributed by atoms with Crippen molar-refractivity contribution in [1.82, 2.24) is 0 Å². The molecular formula is C14H18O. The molecule has 1 nitrogen and oxygen atoms in total. The third-order valence-electron chi connectivity index (χ3n) is 2.38. The molecule has 0 aromatic heterocycles. The third kappa shape index (κ3) is 4.11. The van der Waals surface area contributed by atoms with E-state index in [-0.39, 0.29) is 5.92 Å². The molecule has 0 saturated carbocycles. The zero-order chi connectivity index (χ0) is 11.1. The minimum Gasteiger partial charge on any atom is -0.299 e. The number of rotatable bonds is 5. The number of carbonyl (C=O) groups is 1. The molecule has 0 radical (unpaired) electrons. The van der Waals surface area contributed by atoms with Gasteiger partial charge in [-0.05, 0) is 12.0 Å². The number of hydrogen-bond donors (Lipinski definition) is 0. The van der Waals surface area contributed by atoms with Crippen LogP contribution in [-0.2, 0) is 4.79 Å². The van der Waals surface area contributed by atoms with E-state index in [9.17, 15) is 4.79 Å². The third-order valence-corrected chi connectivity index (χ3v) is 2.38. The summed E-state index contributed by atoms with van der Waals surface area (Å²) in [6, 6.07) is 10.1. The molecule has 1 atom stereocenters. The van der Waals surface area contributed by atoms with E-state index >= 15 is 0 Å². The Balaban J connectivity index is 2.54. The van der Waals surface area contributed by atoms with Crippen LogP contribution in [0.15, 0.2) is 36.4 Å². The molecule has 1 unspecified atom stereocenters. The van der Waals surface area contributed by atoms with Crippen LogP contribution < -0.4 is 0 Å². The SMILES string of the molecule is CCCC(=O)C(C)/C=C/c1ccccc1. The fourth-order valence-corrected chi connectivity index (χ4v) is 1.40. The minimum atomic E-state index is 0.0326. The molecule has 15 heavy (non-hydrogen) atoms. The van der Waals surface area contributed by atoms with E-state index in [4.69, 9.17) is 0 Å². The number of hydrogen-bond acceptors (Lipinski definition) is 1. The van der Waals surface area contributed by atoms with Crippen molar-refractivity contribution in [2.45, 2.75) is 26.7 Å². The van der Waals surface area contributed by atoms with Crippen molar-refractivity contribution in [1.29, 1.82) is 0 Å². The molecule has 0 aliphatic heterocycles. The van der Waals surface area contributed by atoms with Gasteiger partial charge in [0.2, 0.25) is 0 Å². The number of Topliss-reactive ketones (excluding diaryl/α,β-unsaturated/α-hetero) is 1. The minimum absolute atomic E-state index is 0.0326. The van der Waals surface area contributed by atoms with Crippen LogP contribution in [0.1, 0.15) is 32.3 Å². The first-order valence-electron chi connectivity index (χ1n) is 5.50. The Morgan fingerprint density at radius 1 is 1.33 bits per heavy atom. The maximum Gasteiger partial charge on any atom is 0.139 e. The lowest BCUT2D eigenvalue weighted by molar-refractivity contribution is -0.121. The van der Waals surface area contributed by atoms with Crippen LogP contribution in [0, 0.1) is 5.92 Å². The summed E-state index contributed by atoms with van der Waals surface area (Å²) in [5, 5.41) is 0. The van der Waals surface area contributed by atoms with Crippen LogP contribution in [0.4, 0.5) is 0 Å². The van der Waals surface area contributed by atoms with Crippen molar-refractivity contribution in [3.63, 3.8) is 0 Å². The smallest absolute Gasteiger partial charge is 0.139 e. The van der Waals surface area contributed by atoms with Gasteiger partial charge in [-0.25, -0.2) is 0 Å². The second-order valence-electron chi connectivity index (χ2n) is 3.77. The fraction of sp³-hybridized carbons (Fsp3) is 0.357. The standard InChI is InChI=1S/C14H18O/c1-3-7-14(15)12(2)10-11-13-8-5-4-6-9-13/h4-6,8-12H,3,7H2,1-2H3/b11-10+. The molecule has 1 heteroatoms. The average molecular weight is 202 g/mol. The van der Waals surface area contributed by atoms with Gasteiger partial charge in [-0.2, -0.15) is 0 Å². The highest BCUT2D eigenvalue weighted by molar-refractivity contribution is 5.83. The predicted octanol–water partition coefficient (Wildman–Crippen LogP) is 3.71. The van der Waals surface area contributed by atoms with E-state index in [0.29, 0.717) is 12.2 Å². The summed E-state index contributed by atoms with van der Waals surface area (Å²) >= 11 is 0. The highest BCUT2D eigenvalue weighted by atomic mass is 16.1. The van der Waals surface area contributed by atoms with E-state index in [1.807, 2.05) is 56.3 Å². The molecule has 0 heterocycles. The van der Waals surface area contributed by atoms with Gasteiger partial charge in [0.1, 0.15) is 5.78 Å². The summed E-state index contributed by atoms with van der Waals surface area (Å²) in [6.45, 7) is 3.99. The van der Waals surface area contributed by atoms with Crippen LogP contribution in [-0.4, -0.2) is 5.78 Å². The van der Waals surface area contributed by atoms with E-state index in [1.54, 1.807) is 0 Å². The Bertz CT molecular complexity index is 324. The Morgan fingerprint density at radius 3 is 2.60 bits per heavy atom. The number of carbonyl (C=O) groups excluding carboxylic acids is 1. The first kappa shape index (κ1) is 11.7. The van der Waals surface area contributed by atoms with Crippen LogP contribution in [0.25, 0.3) is 6.08 Å². The van der Waals surface area contributed by atoms with E-state index < -0.39 is 0 Å². The monoisotopic (exact) mass is 202 g/mol. The lowest BCUT2D eigenvalue weighted by atomic mass is 10.0. The van der Waals surface area contributed by atoms with Gasteiger partial charge >= 0.3 is 0 Å². The zero-order valence-corrected chi connectivity index (χ0v) is 9.44. The average Bonchev–Trinajstić information content (AvgIpc) is 2.27. The van der Waals surface area contributed by atoms with Crippen molar-refractivity contribution >= 4 is 11.9 Å². The summed E-state index contributed by atoms with van der Waals surface area (Å²) in [4.78, 5) is 11.5. The molecule has 0 amide bonds. The lowest BCUT2D eigenvalue weighted by Gasteiger charge is -2.03. The Hall–Kier alpha value is -1.37. The van der Waals surface area contributed by atoms with Gasteiger partial charge in [0, 0.05) is 12.3 Å². The Labute approximate surface area is 91.8 Å². The van der Waals surface area contributed by atoms with Crippen LogP contribution in [0.2, 0.25) is 0 Å². The molecule has 0 bridgehead atoms. The highest BCUT2D eigenvalue weighted by Crippen LogP contribution is 2.08. The van der Waals surface area contributed by atoms with Gasteiger partial charge in [0.05, 0.1) is 0 Å². The van der Waals surface area contributed by atoms with Crippen molar-refractivity contribution < 1.29 is 4.79 Å². The number of benzene rings is 1. The van der Waals surface area contributed by atoms with Crippen molar-refractivity contribution in [3.05, 3.63) is 42.0 Å². The summed E-state index contributed by atoms with van der Waals surface area (Å²) in [5.41, 5.74) is 1.15. The van der Waals surface area contributed by atoms with E-state index in [1.165, 1.54) is 0 Å².